The predicted octanol–water partition coefficient (Wildman–Crippen LogP) is 5.20. The number of anilines is 1. The molecule has 0 aliphatic carbocycles. The number of benzene rings is 2. The van der Waals surface area contributed by atoms with E-state index in [0.29, 0.717) is 5.56 Å². The number of carbonyl (C=O) groups excluding carboxylic acids is 1. The number of rotatable bonds is 4. The lowest BCUT2D eigenvalue weighted by Crippen LogP contribution is -2.36. The zero-order valence-corrected chi connectivity index (χ0v) is 17.4. The van der Waals surface area contributed by atoms with Crippen LogP contribution in [-0.4, -0.2) is 29.8 Å². The van der Waals surface area contributed by atoms with Gasteiger partial charge in [0, 0.05) is 23.5 Å². The number of aliphatic imine (C=N–C) groups is 1. The number of Topliss-reactive ketones (excluding diaryl/α,β-unsaturated/α-hetero) is 1. The molecular formula is C20H22BrFN2OS. The number of amidine groups is 1. The van der Waals surface area contributed by atoms with Gasteiger partial charge in [-0.2, -0.15) is 0 Å². The minimum Gasteiger partial charge on any atom is -0.313 e. The third-order valence-electron chi connectivity index (χ3n) is 4.12. The maximum Gasteiger partial charge on any atom is 0.182 e. The van der Waals surface area contributed by atoms with Crippen LogP contribution in [0.2, 0.25) is 0 Å². The Bertz CT molecular complexity index is 808. The van der Waals surface area contributed by atoms with Gasteiger partial charge in [-0.15, -0.1) is 17.0 Å². The summed E-state index contributed by atoms with van der Waals surface area (Å²) in [6.07, 6.45) is 1.06. The van der Waals surface area contributed by atoms with Gasteiger partial charge in [0.05, 0.1) is 6.54 Å². The lowest BCUT2D eigenvalue weighted by Gasteiger charge is -2.28. The van der Waals surface area contributed by atoms with Crippen LogP contribution < -0.4 is 4.90 Å². The molecule has 0 saturated carbocycles. The van der Waals surface area contributed by atoms with Crippen molar-refractivity contribution in [3.05, 3.63) is 65.0 Å². The molecule has 1 aliphatic rings. The van der Waals surface area contributed by atoms with Gasteiger partial charge in [0.1, 0.15) is 5.82 Å². The van der Waals surface area contributed by atoms with E-state index in [1.807, 2.05) is 24.0 Å². The van der Waals surface area contributed by atoms with Crippen LogP contribution in [-0.2, 0) is 0 Å². The van der Waals surface area contributed by atoms with E-state index >= 15 is 0 Å². The Kier molecular flexibility index (Phi) is 7.41. The maximum atomic E-state index is 13.1. The normalized spacial score (nSPS) is 13.6. The molecule has 26 heavy (non-hydrogen) atoms. The van der Waals surface area contributed by atoms with Gasteiger partial charge in [0.15, 0.2) is 11.0 Å². The van der Waals surface area contributed by atoms with E-state index in [1.165, 1.54) is 29.8 Å². The van der Waals surface area contributed by atoms with Gasteiger partial charge in [-0.1, -0.05) is 29.5 Å². The summed E-state index contributed by atoms with van der Waals surface area (Å²) in [5, 5.41) is 0.883. The molecule has 138 valence electrons. The second-order valence-corrected chi connectivity index (χ2v) is 7.23. The Labute approximate surface area is 168 Å². The highest BCUT2D eigenvalue weighted by Crippen LogP contribution is 2.27. The summed E-state index contributed by atoms with van der Waals surface area (Å²) in [5.41, 5.74) is 3.80. The molecule has 0 N–H and O–H groups in total. The van der Waals surface area contributed by atoms with Crippen LogP contribution in [0.4, 0.5) is 10.1 Å². The first-order valence-corrected chi connectivity index (χ1v) is 9.34. The SMILES string of the molecule is Br.Cc1ccc(N(CC(=O)c2ccc(F)cc2)C2=NCCCS2)c(C)c1. The largest absolute Gasteiger partial charge is 0.313 e. The first-order chi connectivity index (χ1) is 12.0. The molecular weight excluding hydrogens is 415 g/mol. The first kappa shape index (κ1) is 20.6. The number of nitrogens with zero attached hydrogens (tertiary/aromatic N) is 2. The summed E-state index contributed by atoms with van der Waals surface area (Å²) in [7, 11) is 0. The average molecular weight is 437 g/mol. The lowest BCUT2D eigenvalue weighted by atomic mass is 10.1. The highest BCUT2D eigenvalue weighted by Gasteiger charge is 2.22. The minimum absolute atomic E-state index is 0. The molecule has 3 rings (SSSR count). The summed E-state index contributed by atoms with van der Waals surface area (Å²) in [5.74, 6) is 0.620. The van der Waals surface area contributed by atoms with Crippen molar-refractivity contribution in [2.24, 2.45) is 4.99 Å². The van der Waals surface area contributed by atoms with E-state index in [0.717, 1.165) is 35.1 Å². The molecule has 0 unspecified atom stereocenters. The molecule has 1 heterocycles. The number of halogens is 2. The standard InChI is InChI=1S/C20H21FN2OS.BrH/c1-14-4-9-18(15(2)12-14)23(20-22-10-3-11-25-20)13-19(24)16-5-7-17(21)8-6-16;/h4-9,12H,3,10-11,13H2,1-2H3;1H. The molecule has 0 aromatic heterocycles. The van der Waals surface area contributed by atoms with Crippen LogP contribution in [0.15, 0.2) is 47.5 Å². The summed E-state index contributed by atoms with van der Waals surface area (Å²) in [6, 6.07) is 11.9. The fraction of sp³-hybridized carbons (Fsp3) is 0.300. The highest BCUT2D eigenvalue weighted by molar-refractivity contribution is 8.93. The number of hydrogen-bond donors (Lipinski definition) is 0. The van der Waals surface area contributed by atoms with Crippen molar-refractivity contribution in [1.82, 2.24) is 0 Å². The molecule has 0 atom stereocenters. The molecule has 0 radical (unpaired) electrons. The molecule has 1 aliphatic heterocycles. The van der Waals surface area contributed by atoms with Crippen molar-refractivity contribution >= 4 is 45.4 Å². The Morgan fingerprint density at radius 2 is 1.92 bits per heavy atom. The Morgan fingerprint density at radius 1 is 1.19 bits per heavy atom. The molecule has 2 aromatic carbocycles. The van der Waals surface area contributed by atoms with E-state index in [1.54, 1.807) is 11.8 Å². The summed E-state index contributed by atoms with van der Waals surface area (Å²) in [4.78, 5) is 19.3. The van der Waals surface area contributed by atoms with E-state index in [9.17, 15) is 9.18 Å². The Morgan fingerprint density at radius 3 is 2.54 bits per heavy atom. The first-order valence-electron chi connectivity index (χ1n) is 8.35. The molecule has 6 heteroatoms. The second-order valence-electron chi connectivity index (χ2n) is 6.17. The third kappa shape index (κ3) is 4.95. The number of ketones is 1. The van der Waals surface area contributed by atoms with Crippen LogP contribution in [0.5, 0.6) is 0 Å². The lowest BCUT2D eigenvalue weighted by molar-refractivity contribution is 0.100. The van der Waals surface area contributed by atoms with Crippen LogP contribution in [0.1, 0.15) is 27.9 Å². The summed E-state index contributed by atoms with van der Waals surface area (Å²) < 4.78 is 13.1. The number of aryl methyl sites for hydroxylation is 2. The van der Waals surface area contributed by atoms with Crippen LogP contribution >= 0.6 is 28.7 Å². The van der Waals surface area contributed by atoms with Crippen molar-refractivity contribution in [2.75, 3.05) is 23.7 Å². The van der Waals surface area contributed by atoms with Gasteiger partial charge in [-0.25, -0.2) is 4.39 Å². The van der Waals surface area contributed by atoms with Crippen LogP contribution in [0.25, 0.3) is 0 Å². The predicted molar refractivity (Wildman–Crippen MR) is 114 cm³/mol. The van der Waals surface area contributed by atoms with Gasteiger partial charge in [0.2, 0.25) is 0 Å². The zero-order valence-electron chi connectivity index (χ0n) is 14.9. The van der Waals surface area contributed by atoms with Crippen molar-refractivity contribution < 1.29 is 9.18 Å². The van der Waals surface area contributed by atoms with Crippen molar-refractivity contribution in [2.45, 2.75) is 20.3 Å². The molecule has 0 fully saturated rings. The fourth-order valence-electron chi connectivity index (χ4n) is 2.85. The third-order valence-corrected chi connectivity index (χ3v) is 5.22. The van der Waals surface area contributed by atoms with Crippen LogP contribution in [0.3, 0.4) is 0 Å². The van der Waals surface area contributed by atoms with Gasteiger partial charge >= 0.3 is 0 Å². The van der Waals surface area contributed by atoms with E-state index < -0.39 is 0 Å². The zero-order chi connectivity index (χ0) is 17.8. The molecule has 0 saturated heterocycles. The van der Waals surface area contributed by atoms with Gasteiger partial charge < -0.3 is 4.90 Å². The molecule has 2 aromatic rings. The number of thioether (sulfide) groups is 1. The monoisotopic (exact) mass is 436 g/mol. The Balaban J connectivity index is 0.00000243. The fourth-order valence-corrected chi connectivity index (χ4v) is 3.80. The minimum atomic E-state index is -0.338. The second kappa shape index (κ2) is 9.33. The molecule has 0 amide bonds. The topological polar surface area (TPSA) is 32.7 Å². The number of carbonyl (C=O) groups is 1. The van der Waals surface area contributed by atoms with Crippen molar-refractivity contribution in [3.8, 4) is 0 Å². The van der Waals surface area contributed by atoms with Gasteiger partial charge in [-0.05, 0) is 56.2 Å². The summed E-state index contributed by atoms with van der Waals surface area (Å²) in [6.45, 7) is 5.08. The Hall–Kier alpha value is -1.66. The van der Waals surface area contributed by atoms with E-state index in [2.05, 4.69) is 18.0 Å². The highest BCUT2D eigenvalue weighted by atomic mass is 79.9. The molecule has 3 nitrogen and oxygen atoms in total. The number of hydrogen-bond acceptors (Lipinski definition) is 4. The quantitative estimate of drug-likeness (QED) is 0.617. The van der Waals surface area contributed by atoms with Crippen molar-refractivity contribution in [3.63, 3.8) is 0 Å². The summed E-state index contributed by atoms with van der Waals surface area (Å²) >= 11 is 1.68. The molecule has 0 bridgehead atoms. The van der Waals surface area contributed by atoms with E-state index in [4.69, 9.17) is 0 Å². The van der Waals surface area contributed by atoms with Gasteiger partial charge in [0.25, 0.3) is 0 Å². The van der Waals surface area contributed by atoms with Crippen molar-refractivity contribution in [1.29, 1.82) is 0 Å². The van der Waals surface area contributed by atoms with E-state index in [-0.39, 0.29) is 35.1 Å². The maximum absolute atomic E-state index is 13.1. The van der Waals surface area contributed by atoms with Crippen LogP contribution in [0, 0.1) is 19.7 Å². The van der Waals surface area contributed by atoms with Gasteiger partial charge in [-0.3, -0.25) is 9.79 Å². The average Bonchev–Trinajstić information content (AvgIpc) is 2.61. The molecule has 0 spiro atoms. The smallest absolute Gasteiger partial charge is 0.182 e.